The highest BCUT2D eigenvalue weighted by molar-refractivity contribution is 7.92. The third-order valence-corrected chi connectivity index (χ3v) is 11.5. The molecule has 0 unspecified atom stereocenters. The summed E-state index contributed by atoms with van der Waals surface area (Å²) in [4.78, 5) is 16.5. The van der Waals surface area contributed by atoms with Gasteiger partial charge in [-0.1, -0.05) is 85.1 Å². The van der Waals surface area contributed by atoms with Gasteiger partial charge in [0.2, 0.25) is 9.84 Å². The van der Waals surface area contributed by atoms with E-state index in [4.69, 9.17) is 4.74 Å². The summed E-state index contributed by atoms with van der Waals surface area (Å²) >= 11 is 0. The van der Waals surface area contributed by atoms with Gasteiger partial charge in [-0.3, -0.25) is 4.79 Å². The standard InChI is InChI=1S/C45H42N2O4S/c1-5-6-33-11-20-37(21-12-33)46(35-16-7-31(2)8-17-35)39-24-26-41-42-27-25-40(30-44(42)52(49,50)43(41)29-39)47(36-18-9-32(3)10-19-36)38-22-13-34(14-23-38)15-28-45(48)51-4/h7-14,16-27,29-30H,5-6,15,28H2,1-4H3. The predicted molar refractivity (Wildman–Crippen MR) is 211 cm³/mol. The fourth-order valence-electron chi connectivity index (χ4n) is 6.85. The van der Waals surface area contributed by atoms with Crippen molar-refractivity contribution in [2.24, 2.45) is 0 Å². The lowest BCUT2D eigenvalue weighted by Crippen LogP contribution is -2.11. The molecule has 52 heavy (non-hydrogen) atoms. The number of carbonyl (C=O) groups excluding carboxylic acids is 1. The third-order valence-electron chi connectivity index (χ3n) is 9.67. The molecule has 7 heteroatoms. The molecule has 0 aromatic heterocycles. The second-order valence-corrected chi connectivity index (χ2v) is 15.3. The SMILES string of the molecule is CCCc1ccc(N(c2ccc(C)cc2)c2ccc3c(c2)S(=O)(=O)c2cc(N(c4ccc(C)cc4)c4ccc(CCC(=O)OC)cc4)ccc2-3)cc1. The minimum atomic E-state index is -3.86. The molecule has 0 aliphatic carbocycles. The Hall–Kier alpha value is -5.66. The molecule has 1 heterocycles. The van der Waals surface area contributed by atoms with Crippen molar-refractivity contribution in [2.75, 3.05) is 16.9 Å². The zero-order valence-electron chi connectivity index (χ0n) is 30.0. The van der Waals surface area contributed by atoms with Crippen LogP contribution in [0.25, 0.3) is 11.1 Å². The summed E-state index contributed by atoms with van der Waals surface area (Å²) in [6, 6.07) is 44.4. The van der Waals surface area contributed by atoms with Gasteiger partial charge in [0.1, 0.15) is 0 Å². The second kappa shape index (κ2) is 14.5. The van der Waals surface area contributed by atoms with Crippen LogP contribution in [0.4, 0.5) is 34.1 Å². The summed E-state index contributed by atoms with van der Waals surface area (Å²) in [5.74, 6) is -0.248. The smallest absolute Gasteiger partial charge is 0.305 e. The van der Waals surface area contributed by atoms with Gasteiger partial charge in [0, 0.05) is 51.7 Å². The number of rotatable bonds is 11. The molecule has 0 atom stereocenters. The Labute approximate surface area is 306 Å². The van der Waals surface area contributed by atoms with Gasteiger partial charge in [-0.2, -0.15) is 0 Å². The highest BCUT2D eigenvalue weighted by atomic mass is 32.2. The summed E-state index contributed by atoms with van der Waals surface area (Å²) in [6.07, 6.45) is 2.95. The molecule has 1 aliphatic heterocycles. The number of benzene rings is 6. The van der Waals surface area contributed by atoms with Gasteiger partial charge in [-0.25, -0.2) is 8.42 Å². The first-order chi connectivity index (χ1) is 25.2. The van der Waals surface area contributed by atoms with Crippen LogP contribution in [-0.2, 0) is 32.2 Å². The van der Waals surface area contributed by atoms with Gasteiger partial charge in [-0.05, 0) is 111 Å². The number of aryl methyl sites for hydroxylation is 4. The summed E-state index contributed by atoms with van der Waals surface area (Å²) in [5, 5.41) is 0. The van der Waals surface area contributed by atoms with Crippen molar-refractivity contribution in [3.63, 3.8) is 0 Å². The van der Waals surface area contributed by atoms with Crippen LogP contribution in [0.15, 0.2) is 143 Å². The molecule has 0 saturated carbocycles. The highest BCUT2D eigenvalue weighted by Crippen LogP contribution is 2.48. The first-order valence-electron chi connectivity index (χ1n) is 17.7. The normalized spacial score (nSPS) is 12.5. The van der Waals surface area contributed by atoms with Crippen molar-refractivity contribution in [2.45, 2.75) is 56.2 Å². The van der Waals surface area contributed by atoms with E-state index < -0.39 is 9.84 Å². The first-order valence-corrected chi connectivity index (χ1v) is 19.2. The quantitative estimate of drug-likeness (QED) is 0.125. The molecule has 7 rings (SSSR count). The summed E-state index contributed by atoms with van der Waals surface area (Å²) in [5.41, 5.74) is 11.2. The number of sulfone groups is 1. The van der Waals surface area contributed by atoms with E-state index in [9.17, 15) is 13.2 Å². The maximum absolute atomic E-state index is 14.5. The van der Waals surface area contributed by atoms with E-state index >= 15 is 0 Å². The van der Waals surface area contributed by atoms with Crippen LogP contribution in [0.5, 0.6) is 0 Å². The lowest BCUT2D eigenvalue weighted by atomic mass is 10.0. The molecular weight excluding hydrogens is 665 g/mol. The Morgan fingerprint density at radius 3 is 1.29 bits per heavy atom. The van der Waals surface area contributed by atoms with Crippen molar-refractivity contribution in [1.82, 2.24) is 0 Å². The average molecular weight is 707 g/mol. The predicted octanol–water partition coefficient (Wildman–Crippen LogP) is 11.1. The molecule has 0 fully saturated rings. The molecule has 0 spiro atoms. The average Bonchev–Trinajstić information content (AvgIpc) is 3.38. The van der Waals surface area contributed by atoms with Gasteiger partial charge in [0.15, 0.2) is 0 Å². The van der Waals surface area contributed by atoms with Gasteiger partial charge in [-0.15, -0.1) is 0 Å². The molecule has 6 aromatic carbocycles. The number of ether oxygens (including phenoxy) is 1. The molecule has 0 N–H and O–H groups in total. The first kappa shape index (κ1) is 34.8. The number of fused-ring (bicyclic) bond motifs is 3. The van der Waals surface area contributed by atoms with Crippen molar-refractivity contribution in [3.8, 4) is 11.1 Å². The summed E-state index contributed by atoms with van der Waals surface area (Å²) in [6.45, 7) is 6.27. The number of esters is 1. The zero-order chi connectivity index (χ0) is 36.4. The Morgan fingerprint density at radius 1 is 0.538 bits per heavy atom. The highest BCUT2D eigenvalue weighted by Gasteiger charge is 2.35. The maximum atomic E-state index is 14.5. The molecule has 0 saturated heterocycles. The number of anilines is 6. The van der Waals surface area contributed by atoms with E-state index in [1.807, 2.05) is 85.8 Å². The Bertz CT molecular complexity index is 2330. The lowest BCUT2D eigenvalue weighted by molar-refractivity contribution is -0.140. The molecule has 6 aromatic rings. The van der Waals surface area contributed by atoms with E-state index in [0.717, 1.165) is 63.7 Å². The third kappa shape index (κ3) is 6.84. The molecule has 0 radical (unpaired) electrons. The van der Waals surface area contributed by atoms with Crippen molar-refractivity contribution in [3.05, 3.63) is 156 Å². The number of hydrogen-bond donors (Lipinski definition) is 0. The number of carbonyl (C=O) groups is 1. The molecular formula is C45H42N2O4S. The van der Waals surface area contributed by atoms with Crippen molar-refractivity contribution in [1.29, 1.82) is 0 Å². The molecule has 1 aliphatic rings. The van der Waals surface area contributed by atoms with Crippen LogP contribution in [0.3, 0.4) is 0 Å². The van der Waals surface area contributed by atoms with E-state index in [0.29, 0.717) is 28.9 Å². The minimum absolute atomic E-state index is 0.248. The molecule has 262 valence electrons. The number of methoxy groups -OCH3 is 1. The Balaban J connectivity index is 1.28. The number of nitrogens with zero attached hydrogens (tertiary/aromatic N) is 2. The topological polar surface area (TPSA) is 66.9 Å². The Morgan fingerprint density at radius 2 is 0.904 bits per heavy atom. The second-order valence-electron chi connectivity index (χ2n) is 13.4. The van der Waals surface area contributed by atoms with Crippen LogP contribution >= 0.6 is 0 Å². The van der Waals surface area contributed by atoms with Crippen molar-refractivity contribution >= 4 is 49.9 Å². The van der Waals surface area contributed by atoms with E-state index in [1.165, 1.54) is 12.7 Å². The molecule has 6 nitrogen and oxygen atoms in total. The van der Waals surface area contributed by atoms with Crippen LogP contribution in [0.1, 0.15) is 42.0 Å². The minimum Gasteiger partial charge on any atom is -0.469 e. The van der Waals surface area contributed by atoms with E-state index in [-0.39, 0.29) is 10.9 Å². The van der Waals surface area contributed by atoms with Crippen LogP contribution in [0, 0.1) is 13.8 Å². The number of hydrogen-bond acceptors (Lipinski definition) is 6. The van der Waals surface area contributed by atoms with Crippen molar-refractivity contribution < 1.29 is 17.9 Å². The van der Waals surface area contributed by atoms with Gasteiger partial charge >= 0.3 is 5.97 Å². The maximum Gasteiger partial charge on any atom is 0.305 e. The van der Waals surface area contributed by atoms with Crippen LogP contribution in [-0.4, -0.2) is 21.5 Å². The molecule has 0 amide bonds. The van der Waals surface area contributed by atoms with E-state index in [1.54, 1.807) is 6.07 Å². The fraction of sp³-hybridized carbons (Fsp3) is 0.178. The van der Waals surface area contributed by atoms with E-state index in [2.05, 4.69) is 72.2 Å². The monoisotopic (exact) mass is 706 g/mol. The van der Waals surface area contributed by atoms with Gasteiger partial charge in [0.05, 0.1) is 16.9 Å². The molecule has 0 bridgehead atoms. The summed E-state index contributed by atoms with van der Waals surface area (Å²) < 4.78 is 33.8. The van der Waals surface area contributed by atoms with Crippen LogP contribution in [0.2, 0.25) is 0 Å². The van der Waals surface area contributed by atoms with Gasteiger partial charge < -0.3 is 14.5 Å². The Kier molecular flexibility index (Phi) is 9.71. The lowest BCUT2D eigenvalue weighted by Gasteiger charge is -2.26. The van der Waals surface area contributed by atoms with Crippen LogP contribution < -0.4 is 9.80 Å². The zero-order valence-corrected chi connectivity index (χ0v) is 30.8. The summed E-state index contributed by atoms with van der Waals surface area (Å²) in [7, 11) is -2.46. The van der Waals surface area contributed by atoms with Gasteiger partial charge in [0.25, 0.3) is 0 Å². The largest absolute Gasteiger partial charge is 0.469 e. The fourth-order valence-corrected chi connectivity index (χ4v) is 8.57.